The highest BCUT2D eigenvalue weighted by Gasteiger charge is 2.07. The maximum absolute atomic E-state index is 12.1. The first kappa shape index (κ1) is 13.9. The molecule has 0 aliphatic carbocycles. The summed E-state index contributed by atoms with van der Waals surface area (Å²) in [6, 6.07) is 8.69. The highest BCUT2D eigenvalue weighted by atomic mass is 19.3. The third kappa shape index (κ3) is 4.27. The van der Waals surface area contributed by atoms with Crippen LogP contribution in [0, 0.1) is 0 Å². The summed E-state index contributed by atoms with van der Waals surface area (Å²) in [5, 5.41) is 5.06. The maximum atomic E-state index is 12.1. The second-order valence-electron chi connectivity index (χ2n) is 3.79. The molecular formula is C13H12F2N2O3. The molecule has 0 spiro atoms. The number of hydrogen-bond acceptors (Lipinski definition) is 3. The highest BCUT2D eigenvalue weighted by molar-refractivity contribution is 5.89. The Morgan fingerprint density at radius 1 is 1.30 bits per heavy atom. The van der Waals surface area contributed by atoms with Gasteiger partial charge in [0.05, 0.1) is 12.8 Å². The molecule has 2 aromatic rings. The summed E-state index contributed by atoms with van der Waals surface area (Å²) in [6.07, 6.45) is 1.50. The van der Waals surface area contributed by atoms with Gasteiger partial charge in [-0.05, 0) is 24.3 Å². The number of urea groups is 1. The Labute approximate surface area is 113 Å². The lowest BCUT2D eigenvalue weighted by Gasteiger charge is -2.09. The quantitative estimate of drug-likeness (QED) is 0.885. The van der Waals surface area contributed by atoms with Gasteiger partial charge in [-0.15, -0.1) is 0 Å². The van der Waals surface area contributed by atoms with Crippen LogP contribution < -0.4 is 15.4 Å². The number of ether oxygens (including phenoxy) is 1. The molecule has 0 bridgehead atoms. The lowest BCUT2D eigenvalue weighted by atomic mass is 10.3. The Morgan fingerprint density at radius 2 is 2.15 bits per heavy atom. The summed E-state index contributed by atoms with van der Waals surface area (Å²) in [5.74, 6) is 0.582. The second kappa shape index (κ2) is 6.55. The minimum Gasteiger partial charge on any atom is -0.467 e. The van der Waals surface area contributed by atoms with Crippen LogP contribution in [0.5, 0.6) is 5.75 Å². The molecule has 0 aliphatic heterocycles. The van der Waals surface area contributed by atoms with E-state index < -0.39 is 12.6 Å². The van der Waals surface area contributed by atoms with Gasteiger partial charge in [-0.25, -0.2) is 4.79 Å². The SMILES string of the molecule is O=C(NCc1ccco1)Nc1cccc(OC(F)F)c1. The number of anilines is 1. The molecule has 1 aromatic carbocycles. The first-order valence-electron chi connectivity index (χ1n) is 5.75. The zero-order valence-corrected chi connectivity index (χ0v) is 10.3. The van der Waals surface area contributed by atoms with E-state index in [9.17, 15) is 13.6 Å². The largest absolute Gasteiger partial charge is 0.467 e. The van der Waals surface area contributed by atoms with Gasteiger partial charge >= 0.3 is 12.6 Å². The monoisotopic (exact) mass is 282 g/mol. The number of carbonyl (C=O) groups is 1. The van der Waals surface area contributed by atoms with Crippen LogP contribution in [0.3, 0.4) is 0 Å². The van der Waals surface area contributed by atoms with E-state index in [1.54, 1.807) is 18.2 Å². The molecule has 0 aliphatic rings. The van der Waals surface area contributed by atoms with Crippen LogP contribution in [0.2, 0.25) is 0 Å². The van der Waals surface area contributed by atoms with E-state index >= 15 is 0 Å². The van der Waals surface area contributed by atoms with Gasteiger partial charge < -0.3 is 19.8 Å². The first-order valence-corrected chi connectivity index (χ1v) is 5.75. The molecule has 1 heterocycles. The molecule has 106 valence electrons. The highest BCUT2D eigenvalue weighted by Crippen LogP contribution is 2.19. The van der Waals surface area contributed by atoms with Gasteiger partial charge in [0.25, 0.3) is 0 Å². The number of carbonyl (C=O) groups excluding carboxylic acids is 1. The van der Waals surface area contributed by atoms with Gasteiger partial charge in [0.1, 0.15) is 11.5 Å². The summed E-state index contributed by atoms with van der Waals surface area (Å²) < 4.78 is 33.4. The summed E-state index contributed by atoms with van der Waals surface area (Å²) in [6.45, 7) is -2.68. The molecule has 2 N–H and O–H groups in total. The number of benzene rings is 1. The third-order valence-corrected chi connectivity index (χ3v) is 2.32. The molecule has 0 saturated heterocycles. The minimum atomic E-state index is -2.90. The van der Waals surface area contributed by atoms with Crippen LogP contribution in [0.1, 0.15) is 5.76 Å². The van der Waals surface area contributed by atoms with Crippen molar-refractivity contribution in [2.24, 2.45) is 0 Å². The van der Waals surface area contributed by atoms with Crippen molar-refractivity contribution in [1.82, 2.24) is 5.32 Å². The van der Waals surface area contributed by atoms with Crippen molar-refractivity contribution in [3.8, 4) is 5.75 Å². The molecule has 0 fully saturated rings. The van der Waals surface area contributed by atoms with E-state index in [1.165, 1.54) is 24.5 Å². The van der Waals surface area contributed by atoms with Gasteiger partial charge in [0.15, 0.2) is 0 Å². The van der Waals surface area contributed by atoms with Gasteiger partial charge in [0, 0.05) is 11.8 Å². The van der Waals surface area contributed by atoms with Crippen LogP contribution in [0.4, 0.5) is 19.3 Å². The second-order valence-corrected chi connectivity index (χ2v) is 3.79. The predicted molar refractivity (Wildman–Crippen MR) is 67.6 cm³/mol. The Kier molecular flexibility index (Phi) is 4.54. The molecule has 20 heavy (non-hydrogen) atoms. The van der Waals surface area contributed by atoms with Crippen molar-refractivity contribution in [2.75, 3.05) is 5.32 Å². The summed E-state index contributed by atoms with van der Waals surface area (Å²) in [4.78, 5) is 11.6. The fourth-order valence-electron chi connectivity index (χ4n) is 1.51. The number of halogens is 2. The number of furan rings is 1. The molecule has 2 rings (SSSR count). The first-order chi connectivity index (χ1) is 9.63. The fraction of sp³-hybridized carbons (Fsp3) is 0.154. The molecule has 7 heteroatoms. The molecule has 1 aromatic heterocycles. The number of nitrogens with one attached hydrogen (secondary N) is 2. The van der Waals surface area contributed by atoms with E-state index in [-0.39, 0.29) is 12.3 Å². The molecule has 0 radical (unpaired) electrons. The zero-order valence-electron chi connectivity index (χ0n) is 10.3. The molecular weight excluding hydrogens is 270 g/mol. The van der Waals surface area contributed by atoms with Gasteiger partial charge in [-0.2, -0.15) is 8.78 Å². The number of amides is 2. The van der Waals surface area contributed by atoms with Crippen LogP contribution in [-0.4, -0.2) is 12.6 Å². The van der Waals surface area contributed by atoms with Crippen molar-refractivity contribution < 1.29 is 22.7 Å². The zero-order chi connectivity index (χ0) is 14.4. The molecule has 0 atom stereocenters. The molecule has 0 unspecified atom stereocenters. The molecule has 5 nitrogen and oxygen atoms in total. The van der Waals surface area contributed by atoms with E-state index in [0.29, 0.717) is 11.4 Å². The topological polar surface area (TPSA) is 63.5 Å². The van der Waals surface area contributed by atoms with E-state index in [4.69, 9.17) is 4.42 Å². The van der Waals surface area contributed by atoms with Crippen molar-refractivity contribution in [1.29, 1.82) is 0 Å². The standard InChI is InChI=1S/C13H12F2N2O3/c14-12(15)20-10-4-1-3-9(7-10)17-13(18)16-8-11-5-2-6-19-11/h1-7,12H,8H2,(H2,16,17,18). The smallest absolute Gasteiger partial charge is 0.387 e. The van der Waals surface area contributed by atoms with E-state index in [2.05, 4.69) is 15.4 Å². The molecule has 2 amide bonds. The Morgan fingerprint density at radius 3 is 2.85 bits per heavy atom. The normalized spacial score (nSPS) is 10.3. The van der Waals surface area contributed by atoms with Crippen molar-refractivity contribution in [3.63, 3.8) is 0 Å². The maximum Gasteiger partial charge on any atom is 0.387 e. The average Bonchev–Trinajstić information content (AvgIpc) is 2.89. The van der Waals surface area contributed by atoms with Crippen LogP contribution in [0.15, 0.2) is 47.1 Å². The predicted octanol–water partition coefficient (Wildman–Crippen LogP) is 3.20. The lowest BCUT2D eigenvalue weighted by Crippen LogP contribution is -2.27. The van der Waals surface area contributed by atoms with Crippen molar-refractivity contribution in [3.05, 3.63) is 48.4 Å². The third-order valence-electron chi connectivity index (χ3n) is 2.32. The molecule has 0 saturated carbocycles. The van der Waals surface area contributed by atoms with E-state index in [0.717, 1.165) is 0 Å². The van der Waals surface area contributed by atoms with Crippen molar-refractivity contribution in [2.45, 2.75) is 13.2 Å². The number of hydrogen-bond donors (Lipinski definition) is 2. The average molecular weight is 282 g/mol. The van der Waals surface area contributed by atoms with Crippen LogP contribution in [0.25, 0.3) is 0 Å². The van der Waals surface area contributed by atoms with Gasteiger partial charge in [-0.1, -0.05) is 6.07 Å². The summed E-state index contributed by atoms with van der Waals surface area (Å²) in [7, 11) is 0. The lowest BCUT2D eigenvalue weighted by molar-refractivity contribution is -0.0497. The van der Waals surface area contributed by atoms with Gasteiger partial charge in [-0.3, -0.25) is 0 Å². The van der Waals surface area contributed by atoms with Crippen LogP contribution >= 0.6 is 0 Å². The summed E-state index contributed by atoms with van der Waals surface area (Å²) >= 11 is 0. The Bertz CT molecular complexity index is 559. The Hall–Kier alpha value is -2.57. The van der Waals surface area contributed by atoms with Crippen LogP contribution in [-0.2, 0) is 6.54 Å². The Balaban J connectivity index is 1.87. The minimum absolute atomic E-state index is 0.0242. The fourth-order valence-corrected chi connectivity index (χ4v) is 1.51. The number of alkyl halides is 2. The van der Waals surface area contributed by atoms with E-state index in [1.807, 2.05) is 0 Å². The van der Waals surface area contributed by atoms with Gasteiger partial charge in [0.2, 0.25) is 0 Å². The summed E-state index contributed by atoms with van der Waals surface area (Å²) in [5.41, 5.74) is 0.347. The van der Waals surface area contributed by atoms with Crippen molar-refractivity contribution >= 4 is 11.7 Å². The number of rotatable bonds is 5.